The number of hydrogen-bond donors (Lipinski definition) is 2. The molecule has 0 aliphatic carbocycles. The van der Waals surface area contributed by atoms with E-state index in [1.807, 2.05) is 60.7 Å². The fourth-order valence-electron chi connectivity index (χ4n) is 3.81. The van der Waals surface area contributed by atoms with Crippen molar-refractivity contribution in [2.24, 2.45) is 0 Å². The molecule has 0 spiro atoms. The molecule has 6 nitrogen and oxygen atoms in total. The molecule has 2 heterocycles. The van der Waals surface area contributed by atoms with Gasteiger partial charge < -0.3 is 15.0 Å². The minimum atomic E-state index is -1.00. The third-order valence-electron chi connectivity index (χ3n) is 5.29. The Labute approximate surface area is 162 Å². The minimum absolute atomic E-state index is 0.132. The first-order valence-electron chi connectivity index (χ1n) is 9.26. The van der Waals surface area contributed by atoms with Gasteiger partial charge in [-0.25, -0.2) is 9.78 Å². The van der Waals surface area contributed by atoms with Crippen molar-refractivity contribution in [1.82, 2.24) is 14.9 Å². The molecule has 1 aliphatic rings. The average Bonchev–Trinajstić information content (AvgIpc) is 3.20. The second-order valence-corrected chi connectivity index (χ2v) is 6.99. The number of carbonyl (C=O) groups is 2. The number of H-pyrrole nitrogens is 1. The zero-order valence-corrected chi connectivity index (χ0v) is 15.3. The largest absolute Gasteiger partial charge is 0.480 e. The summed E-state index contributed by atoms with van der Waals surface area (Å²) in [6.07, 6.45) is 1.98. The topological polar surface area (TPSA) is 86.3 Å². The number of aliphatic carboxylic acids is 1. The summed E-state index contributed by atoms with van der Waals surface area (Å²) in [5, 5.41) is 9.66. The fraction of sp³-hybridized carbons (Fsp3) is 0.227. The molecule has 142 valence electrons. The van der Waals surface area contributed by atoms with Crippen molar-refractivity contribution in [2.45, 2.75) is 31.3 Å². The predicted molar refractivity (Wildman–Crippen MR) is 104 cm³/mol. The number of imidazole rings is 1. The molecule has 1 unspecified atom stereocenters. The van der Waals surface area contributed by atoms with Gasteiger partial charge in [-0.15, -0.1) is 0 Å². The summed E-state index contributed by atoms with van der Waals surface area (Å²) in [6, 6.07) is 18.8. The lowest BCUT2D eigenvalue weighted by Gasteiger charge is -2.33. The molecule has 0 radical (unpaired) electrons. The normalized spacial score (nSPS) is 16.0. The second-order valence-electron chi connectivity index (χ2n) is 6.99. The first-order chi connectivity index (χ1) is 13.6. The van der Waals surface area contributed by atoms with Gasteiger partial charge in [0.2, 0.25) is 5.91 Å². The lowest BCUT2D eigenvalue weighted by Crippen LogP contribution is -2.49. The molecule has 1 amide bonds. The Morgan fingerprint density at radius 2 is 1.68 bits per heavy atom. The molecule has 6 heteroatoms. The number of aromatic amines is 1. The van der Waals surface area contributed by atoms with E-state index >= 15 is 0 Å². The molecule has 4 rings (SSSR count). The highest BCUT2D eigenvalue weighted by molar-refractivity contribution is 5.85. The molecule has 0 saturated heterocycles. The van der Waals surface area contributed by atoms with Gasteiger partial charge in [-0.2, -0.15) is 0 Å². The highest BCUT2D eigenvalue weighted by Gasteiger charge is 2.36. The van der Waals surface area contributed by atoms with Crippen LogP contribution in [0.4, 0.5) is 0 Å². The van der Waals surface area contributed by atoms with Gasteiger partial charge in [0, 0.05) is 18.8 Å². The summed E-state index contributed by atoms with van der Waals surface area (Å²) in [5.41, 5.74) is 3.60. The van der Waals surface area contributed by atoms with Gasteiger partial charge >= 0.3 is 5.97 Å². The number of nitrogens with zero attached hydrogens (tertiary/aromatic N) is 2. The molecule has 1 aliphatic heterocycles. The minimum Gasteiger partial charge on any atom is -0.480 e. The maximum absolute atomic E-state index is 13.2. The monoisotopic (exact) mass is 375 g/mol. The number of aromatic nitrogens is 2. The van der Waals surface area contributed by atoms with E-state index in [9.17, 15) is 14.7 Å². The Hall–Kier alpha value is -3.41. The lowest BCUT2D eigenvalue weighted by atomic mass is 9.87. The quantitative estimate of drug-likeness (QED) is 0.718. The van der Waals surface area contributed by atoms with Crippen molar-refractivity contribution >= 4 is 11.9 Å². The van der Waals surface area contributed by atoms with Crippen molar-refractivity contribution in [3.63, 3.8) is 0 Å². The van der Waals surface area contributed by atoms with E-state index in [0.29, 0.717) is 0 Å². The fourth-order valence-corrected chi connectivity index (χ4v) is 3.81. The van der Waals surface area contributed by atoms with E-state index in [1.165, 1.54) is 4.90 Å². The van der Waals surface area contributed by atoms with Crippen LogP contribution in [0.5, 0.6) is 0 Å². The van der Waals surface area contributed by atoms with Gasteiger partial charge in [0.05, 0.1) is 24.3 Å². The molecular weight excluding hydrogens is 354 g/mol. The number of fused-ring (bicyclic) bond motifs is 1. The smallest absolute Gasteiger partial charge is 0.326 e. The molecule has 0 fully saturated rings. The maximum Gasteiger partial charge on any atom is 0.326 e. The van der Waals surface area contributed by atoms with E-state index in [-0.39, 0.29) is 31.2 Å². The number of nitrogens with one attached hydrogen (secondary N) is 1. The Kier molecular flexibility index (Phi) is 4.93. The number of carboxylic acid groups (broad SMARTS) is 1. The predicted octanol–water partition coefficient (Wildman–Crippen LogP) is 2.97. The average molecular weight is 375 g/mol. The van der Waals surface area contributed by atoms with Crippen molar-refractivity contribution < 1.29 is 14.7 Å². The molecule has 3 aromatic rings. The number of carbonyl (C=O) groups excluding carboxylic acids is 1. The van der Waals surface area contributed by atoms with Gasteiger partial charge in [-0.05, 0) is 11.1 Å². The van der Waals surface area contributed by atoms with Crippen LogP contribution in [0.25, 0.3) is 0 Å². The van der Waals surface area contributed by atoms with Crippen LogP contribution in [-0.4, -0.2) is 37.9 Å². The van der Waals surface area contributed by atoms with Crippen LogP contribution in [0, 0.1) is 0 Å². The van der Waals surface area contributed by atoms with Crippen molar-refractivity contribution in [2.75, 3.05) is 0 Å². The third-order valence-corrected chi connectivity index (χ3v) is 5.29. The third kappa shape index (κ3) is 3.53. The molecule has 2 N–H and O–H groups in total. The second kappa shape index (κ2) is 7.68. The van der Waals surface area contributed by atoms with E-state index in [2.05, 4.69) is 9.97 Å². The van der Waals surface area contributed by atoms with Crippen LogP contribution >= 0.6 is 0 Å². The first kappa shape index (κ1) is 18.0. The molecule has 1 aromatic heterocycles. The summed E-state index contributed by atoms with van der Waals surface area (Å²) >= 11 is 0. The van der Waals surface area contributed by atoms with Crippen molar-refractivity contribution in [3.8, 4) is 0 Å². The molecule has 28 heavy (non-hydrogen) atoms. The highest BCUT2D eigenvalue weighted by Crippen LogP contribution is 2.30. The Balaban J connectivity index is 1.63. The molecule has 0 bridgehead atoms. The van der Waals surface area contributed by atoms with E-state index in [1.54, 1.807) is 6.33 Å². The number of benzene rings is 2. The van der Waals surface area contributed by atoms with Crippen molar-refractivity contribution in [3.05, 3.63) is 89.5 Å². The van der Waals surface area contributed by atoms with Crippen LogP contribution in [0.3, 0.4) is 0 Å². The summed E-state index contributed by atoms with van der Waals surface area (Å²) in [4.78, 5) is 33.7. The number of hydrogen-bond acceptors (Lipinski definition) is 3. The van der Waals surface area contributed by atoms with Crippen LogP contribution in [-0.2, 0) is 22.6 Å². The zero-order chi connectivity index (χ0) is 19.5. The number of rotatable bonds is 5. The summed E-state index contributed by atoms with van der Waals surface area (Å²) in [7, 11) is 0. The van der Waals surface area contributed by atoms with Crippen LogP contribution in [0.15, 0.2) is 67.0 Å². The highest BCUT2D eigenvalue weighted by atomic mass is 16.4. The molecule has 2 aromatic carbocycles. The zero-order valence-electron chi connectivity index (χ0n) is 15.3. The summed E-state index contributed by atoms with van der Waals surface area (Å²) in [5.74, 6) is -1.31. The molecule has 0 saturated carbocycles. The van der Waals surface area contributed by atoms with Gasteiger partial charge in [0.15, 0.2) is 0 Å². The van der Waals surface area contributed by atoms with Crippen molar-refractivity contribution in [1.29, 1.82) is 0 Å². The van der Waals surface area contributed by atoms with E-state index in [4.69, 9.17) is 0 Å². The van der Waals surface area contributed by atoms with Gasteiger partial charge in [-0.3, -0.25) is 4.79 Å². The maximum atomic E-state index is 13.2. The van der Waals surface area contributed by atoms with Gasteiger partial charge in [0.1, 0.15) is 6.04 Å². The van der Waals surface area contributed by atoms with Gasteiger partial charge in [-0.1, -0.05) is 60.7 Å². The van der Waals surface area contributed by atoms with Crippen LogP contribution < -0.4 is 0 Å². The van der Waals surface area contributed by atoms with Crippen LogP contribution in [0.1, 0.15) is 34.9 Å². The Morgan fingerprint density at radius 3 is 2.25 bits per heavy atom. The van der Waals surface area contributed by atoms with E-state index in [0.717, 1.165) is 22.5 Å². The first-order valence-corrected chi connectivity index (χ1v) is 9.26. The SMILES string of the molecule is O=C(O)C1Cc2nc[nH]c2CN1C(=O)CC(c1ccccc1)c1ccccc1. The standard InChI is InChI=1S/C22H21N3O3/c26-21(25-13-19-18(23-14-24-19)12-20(25)22(27)28)11-17(15-7-3-1-4-8-15)16-9-5-2-6-10-16/h1-10,14,17,20H,11-13H2,(H,23,24)(H,27,28). The van der Waals surface area contributed by atoms with Crippen LogP contribution in [0.2, 0.25) is 0 Å². The van der Waals surface area contributed by atoms with Gasteiger partial charge in [0.25, 0.3) is 0 Å². The Morgan fingerprint density at radius 1 is 1.07 bits per heavy atom. The lowest BCUT2D eigenvalue weighted by molar-refractivity contribution is -0.151. The number of carboxylic acids is 1. The summed E-state index contributed by atoms with van der Waals surface area (Å²) < 4.78 is 0. The molecule has 1 atom stereocenters. The Bertz CT molecular complexity index is 929. The summed E-state index contributed by atoms with van der Waals surface area (Å²) in [6.45, 7) is 0.238. The molecular formula is C22H21N3O3. The number of amides is 1. The van der Waals surface area contributed by atoms with E-state index < -0.39 is 12.0 Å².